The lowest BCUT2D eigenvalue weighted by molar-refractivity contribution is -0.384. The van der Waals surface area contributed by atoms with Crippen LogP contribution in [-0.2, 0) is 11.3 Å². The third-order valence-corrected chi connectivity index (χ3v) is 4.59. The number of amides is 1. The van der Waals surface area contributed by atoms with E-state index in [0.29, 0.717) is 24.2 Å². The van der Waals surface area contributed by atoms with Gasteiger partial charge in [-0.2, -0.15) is 0 Å². The SMILES string of the molecule is COc1c(C)cc(CN(C)CCC(=O)Nc2ccc([N+](=O)[O-])cc2C)cc1C. The maximum atomic E-state index is 12.2. The van der Waals surface area contributed by atoms with E-state index in [1.54, 1.807) is 20.1 Å². The number of ether oxygens (including phenoxy) is 1. The van der Waals surface area contributed by atoms with Crippen LogP contribution in [0.3, 0.4) is 0 Å². The van der Waals surface area contributed by atoms with Gasteiger partial charge in [-0.25, -0.2) is 0 Å². The summed E-state index contributed by atoms with van der Waals surface area (Å²) in [5.41, 5.74) is 4.64. The first-order valence-electron chi connectivity index (χ1n) is 9.08. The molecule has 1 N–H and O–H groups in total. The van der Waals surface area contributed by atoms with Crippen molar-refractivity contribution in [2.75, 3.05) is 26.0 Å². The molecule has 0 aliphatic rings. The largest absolute Gasteiger partial charge is 0.496 e. The molecule has 0 saturated carbocycles. The van der Waals surface area contributed by atoms with Crippen LogP contribution in [0.25, 0.3) is 0 Å². The van der Waals surface area contributed by atoms with Crippen LogP contribution in [0.1, 0.15) is 28.7 Å². The standard InChI is InChI=1S/C21H27N3O4/c1-14-12-18(24(26)27)6-7-19(14)22-20(25)8-9-23(4)13-17-10-15(2)21(28-5)16(3)11-17/h6-7,10-12H,8-9,13H2,1-5H3,(H,22,25). The van der Waals surface area contributed by atoms with Crippen LogP contribution in [0.2, 0.25) is 0 Å². The van der Waals surface area contributed by atoms with Crippen molar-refractivity contribution < 1.29 is 14.5 Å². The molecule has 0 aromatic heterocycles. The zero-order valence-electron chi connectivity index (χ0n) is 17.0. The number of aryl methyl sites for hydroxylation is 3. The fraction of sp³-hybridized carbons (Fsp3) is 0.381. The Balaban J connectivity index is 1.90. The third kappa shape index (κ3) is 5.53. The Labute approximate surface area is 165 Å². The van der Waals surface area contributed by atoms with Gasteiger partial charge in [0, 0.05) is 37.3 Å². The summed E-state index contributed by atoms with van der Waals surface area (Å²) < 4.78 is 5.40. The van der Waals surface area contributed by atoms with E-state index < -0.39 is 4.92 Å². The minimum atomic E-state index is -0.448. The predicted octanol–water partition coefficient (Wildman–Crippen LogP) is 3.99. The van der Waals surface area contributed by atoms with Gasteiger partial charge in [0.1, 0.15) is 5.75 Å². The maximum Gasteiger partial charge on any atom is 0.269 e. The molecular weight excluding hydrogens is 358 g/mol. The summed E-state index contributed by atoms with van der Waals surface area (Å²) in [4.78, 5) is 24.7. The van der Waals surface area contributed by atoms with Crippen LogP contribution in [0.4, 0.5) is 11.4 Å². The number of non-ortho nitro benzene ring substituents is 1. The van der Waals surface area contributed by atoms with Gasteiger partial charge < -0.3 is 15.0 Å². The highest BCUT2D eigenvalue weighted by Gasteiger charge is 2.12. The minimum Gasteiger partial charge on any atom is -0.496 e. The lowest BCUT2D eigenvalue weighted by Crippen LogP contribution is -2.24. The minimum absolute atomic E-state index is 0.0142. The highest BCUT2D eigenvalue weighted by molar-refractivity contribution is 5.91. The number of methoxy groups -OCH3 is 1. The highest BCUT2D eigenvalue weighted by atomic mass is 16.6. The molecule has 0 heterocycles. The molecular formula is C21H27N3O4. The zero-order chi connectivity index (χ0) is 20.8. The quantitative estimate of drug-likeness (QED) is 0.549. The number of hydrogen-bond donors (Lipinski definition) is 1. The third-order valence-electron chi connectivity index (χ3n) is 4.59. The molecule has 0 bridgehead atoms. The Hall–Kier alpha value is -2.93. The Morgan fingerprint density at radius 1 is 1.14 bits per heavy atom. The molecule has 0 saturated heterocycles. The van der Waals surface area contributed by atoms with Crippen molar-refractivity contribution in [3.05, 3.63) is 62.7 Å². The van der Waals surface area contributed by atoms with Crippen molar-refractivity contribution in [3.63, 3.8) is 0 Å². The van der Waals surface area contributed by atoms with Crippen LogP contribution in [0.5, 0.6) is 5.75 Å². The number of nitro groups is 1. The highest BCUT2D eigenvalue weighted by Crippen LogP contribution is 2.25. The molecule has 0 unspecified atom stereocenters. The van der Waals surface area contributed by atoms with Gasteiger partial charge in [0.05, 0.1) is 12.0 Å². The molecule has 0 radical (unpaired) electrons. The van der Waals surface area contributed by atoms with Crippen molar-refractivity contribution >= 4 is 17.3 Å². The van der Waals surface area contributed by atoms with E-state index in [1.807, 2.05) is 20.9 Å². The molecule has 0 atom stereocenters. The van der Waals surface area contributed by atoms with E-state index in [2.05, 4.69) is 22.3 Å². The fourth-order valence-electron chi connectivity index (χ4n) is 3.25. The van der Waals surface area contributed by atoms with Gasteiger partial charge in [0.15, 0.2) is 0 Å². The van der Waals surface area contributed by atoms with Crippen molar-refractivity contribution in [1.29, 1.82) is 0 Å². The molecule has 7 heteroatoms. The number of benzene rings is 2. The Bertz CT molecular complexity index is 857. The van der Waals surface area contributed by atoms with E-state index in [9.17, 15) is 14.9 Å². The maximum absolute atomic E-state index is 12.2. The summed E-state index contributed by atoms with van der Waals surface area (Å²) in [6.07, 6.45) is 0.334. The molecule has 150 valence electrons. The summed E-state index contributed by atoms with van der Waals surface area (Å²) in [7, 11) is 3.64. The Morgan fingerprint density at radius 2 is 1.79 bits per heavy atom. The van der Waals surface area contributed by atoms with Gasteiger partial charge >= 0.3 is 0 Å². The van der Waals surface area contributed by atoms with E-state index in [0.717, 1.165) is 23.4 Å². The molecule has 2 rings (SSSR count). The topological polar surface area (TPSA) is 84.7 Å². The number of nitrogens with one attached hydrogen (secondary N) is 1. The van der Waals surface area contributed by atoms with E-state index in [-0.39, 0.29) is 11.6 Å². The lowest BCUT2D eigenvalue weighted by Gasteiger charge is -2.18. The first kappa shape index (κ1) is 21.4. The zero-order valence-corrected chi connectivity index (χ0v) is 17.0. The van der Waals surface area contributed by atoms with Gasteiger partial charge in [0.2, 0.25) is 5.91 Å². The summed E-state index contributed by atoms with van der Waals surface area (Å²) in [6, 6.07) is 8.61. The van der Waals surface area contributed by atoms with E-state index >= 15 is 0 Å². The van der Waals surface area contributed by atoms with Gasteiger partial charge in [-0.1, -0.05) is 12.1 Å². The Kier molecular flexibility index (Phi) is 7.12. The number of carbonyl (C=O) groups is 1. The summed E-state index contributed by atoms with van der Waals surface area (Å²) in [5, 5.41) is 13.6. The molecule has 7 nitrogen and oxygen atoms in total. The van der Waals surface area contributed by atoms with E-state index in [4.69, 9.17) is 4.74 Å². The first-order chi connectivity index (χ1) is 13.2. The number of hydrogen-bond acceptors (Lipinski definition) is 5. The molecule has 0 aliphatic carbocycles. The van der Waals surface area contributed by atoms with Crippen LogP contribution in [0.15, 0.2) is 30.3 Å². The van der Waals surface area contributed by atoms with Gasteiger partial charge in [-0.05, 0) is 56.1 Å². The second-order valence-corrected chi connectivity index (χ2v) is 7.06. The normalized spacial score (nSPS) is 10.8. The average molecular weight is 385 g/mol. The van der Waals surface area contributed by atoms with Crippen molar-refractivity contribution in [2.24, 2.45) is 0 Å². The second-order valence-electron chi connectivity index (χ2n) is 7.06. The predicted molar refractivity (Wildman–Crippen MR) is 110 cm³/mol. The van der Waals surface area contributed by atoms with Gasteiger partial charge in [0.25, 0.3) is 5.69 Å². The molecule has 2 aromatic carbocycles. The van der Waals surface area contributed by atoms with Crippen LogP contribution in [-0.4, -0.2) is 36.4 Å². The second kappa shape index (κ2) is 9.32. The van der Waals surface area contributed by atoms with Crippen LogP contribution < -0.4 is 10.1 Å². The summed E-state index contributed by atoms with van der Waals surface area (Å²) >= 11 is 0. The lowest BCUT2D eigenvalue weighted by atomic mass is 10.1. The molecule has 0 aliphatic heterocycles. The number of nitro benzene ring substituents is 1. The number of rotatable bonds is 8. The molecule has 1 amide bonds. The first-order valence-corrected chi connectivity index (χ1v) is 9.08. The average Bonchev–Trinajstić information content (AvgIpc) is 2.61. The van der Waals surface area contributed by atoms with Crippen molar-refractivity contribution in [2.45, 2.75) is 33.7 Å². The van der Waals surface area contributed by atoms with Gasteiger partial charge in [-0.15, -0.1) is 0 Å². The van der Waals surface area contributed by atoms with Crippen LogP contribution in [0, 0.1) is 30.9 Å². The summed E-state index contributed by atoms with van der Waals surface area (Å²) in [6.45, 7) is 7.12. The molecule has 0 fully saturated rings. The van der Waals surface area contributed by atoms with Gasteiger partial charge in [-0.3, -0.25) is 14.9 Å². The monoisotopic (exact) mass is 385 g/mol. The molecule has 28 heavy (non-hydrogen) atoms. The van der Waals surface area contributed by atoms with Crippen LogP contribution >= 0.6 is 0 Å². The molecule has 2 aromatic rings. The van der Waals surface area contributed by atoms with E-state index in [1.165, 1.54) is 17.7 Å². The molecule has 0 spiro atoms. The summed E-state index contributed by atoms with van der Waals surface area (Å²) in [5.74, 6) is 0.787. The number of nitrogens with zero attached hydrogens (tertiary/aromatic N) is 2. The fourth-order valence-corrected chi connectivity index (χ4v) is 3.25. The van der Waals surface area contributed by atoms with Crippen molar-refractivity contribution in [1.82, 2.24) is 4.90 Å². The smallest absolute Gasteiger partial charge is 0.269 e. The van der Waals surface area contributed by atoms with Crippen molar-refractivity contribution in [3.8, 4) is 5.75 Å². The Morgan fingerprint density at radius 3 is 2.32 bits per heavy atom. The number of anilines is 1. The number of carbonyl (C=O) groups excluding carboxylic acids is 1.